The van der Waals surface area contributed by atoms with Gasteiger partial charge in [0, 0.05) is 23.4 Å². The Morgan fingerprint density at radius 2 is 1.67 bits per heavy atom. The highest BCUT2D eigenvalue weighted by Crippen LogP contribution is 2.39. The zero-order valence-corrected chi connectivity index (χ0v) is 19.1. The van der Waals surface area contributed by atoms with Crippen LogP contribution in [0, 0.1) is 13.8 Å². The molecule has 168 valence electrons. The number of hydrogen-bond acceptors (Lipinski definition) is 6. The lowest BCUT2D eigenvalue weighted by Gasteiger charge is -2.14. The summed E-state index contributed by atoms with van der Waals surface area (Å²) in [5, 5.41) is 10.8. The van der Waals surface area contributed by atoms with E-state index in [4.69, 9.17) is 14.2 Å². The summed E-state index contributed by atoms with van der Waals surface area (Å²) in [6, 6.07) is 17.1. The van der Waals surface area contributed by atoms with Crippen molar-refractivity contribution in [1.29, 1.82) is 0 Å². The summed E-state index contributed by atoms with van der Waals surface area (Å²) in [5.74, 6) is 1.89. The van der Waals surface area contributed by atoms with Gasteiger partial charge in [0.05, 0.1) is 19.9 Å². The van der Waals surface area contributed by atoms with Gasteiger partial charge in [-0.1, -0.05) is 29.8 Å². The van der Waals surface area contributed by atoms with Crippen LogP contribution < -0.4 is 14.2 Å². The van der Waals surface area contributed by atoms with Crippen LogP contribution in [0.5, 0.6) is 23.0 Å². The number of phenolic OH excluding ortho intramolecular Hbond substituents is 1. The van der Waals surface area contributed by atoms with Gasteiger partial charge in [-0.2, -0.15) is 0 Å². The van der Waals surface area contributed by atoms with E-state index in [0.29, 0.717) is 35.1 Å². The molecule has 0 aliphatic carbocycles. The van der Waals surface area contributed by atoms with Crippen molar-refractivity contribution in [1.82, 2.24) is 9.97 Å². The van der Waals surface area contributed by atoms with Crippen LogP contribution in [0.2, 0.25) is 0 Å². The minimum atomic E-state index is 0.0777. The summed E-state index contributed by atoms with van der Waals surface area (Å²) >= 11 is 0. The van der Waals surface area contributed by atoms with Crippen molar-refractivity contribution in [2.24, 2.45) is 0 Å². The quantitative estimate of drug-likeness (QED) is 0.394. The van der Waals surface area contributed by atoms with E-state index in [-0.39, 0.29) is 5.75 Å². The second-order valence-corrected chi connectivity index (χ2v) is 7.75. The third kappa shape index (κ3) is 4.75. The summed E-state index contributed by atoms with van der Waals surface area (Å²) < 4.78 is 16.7. The van der Waals surface area contributed by atoms with Gasteiger partial charge >= 0.3 is 0 Å². The normalized spacial score (nSPS) is 10.7. The molecule has 0 bridgehead atoms. The molecule has 1 N–H and O–H groups in total. The lowest BCUT2D eigenvalue weighted by molar-refractivity contribution is 0.303. The van der Waals surface area contributed by atoms with Gasteiger partial charge in [-0.05, 0) is 54.8 Å². The fourth-order valence-electron chi connectivity index (χ4n) is 3.68. The van der Waals surface area contributed by atoms with Gasteiger partial charge in [-0.25, -0.2) is 9.97 Å². The number of rotatable bonds is 7. The molecular formula is C27H26N2O4. The predicted molar refractivity (Wildman–Crippen MR) is 128 cm³/mol. The second-order valence-electron chi connectivity index (χ2n) is 7.75. The number of nitrogens with zero attached hydrogens (tertiary/aromatic N) is 2. The second kappa shape index (κ2) is 9.61. The van der Waals surface area contributed by atoms with Crippen molar-refractivity contribution < 1.29 is 19.3 Å². The molecule has 0 fully saturated rings. The number of aryl methyl sites for hydroxylation is 2. The van der Waals surface area contributed by atoms with Gasteiger partial charge in [0.1, 0.15) is 24.4 Å². The van der Waals surface area contributed by atoms with Crippen molar-refractivity contribution in [3.05, 3.63) is 83.8 Å². The number of benzene rings is 3. The highest BCUT2D eigenvalue weighted by atomic mass is 16.5. The molecule has 1 aromatic heterocycles. The fourth-order valence-corrected chi connectivity index (χ4v) is 3.68. The molecule has 0 unspecified atom stereocenters. The number of aromatic hydroxyl groups is 1. The number of ether oxygens (including phenoxy) is 3. The average Bonchev–Trinajstić information content (AvgIpc) is 2.84. The van der Waals surface area contributed by atoms with Gasteiger partial charge in [0.2, 0.25) is 0 Å². The highest BCUT2D eigenvalue weighted by molar-refractivity contribution is 5.83. The molecule has 1 heterocycles. The van der Waals surface area contributed by atoms with Crippen LogP contribution in [0.3, 0.4) is 0 Å². The number of aromatic nitrogens is 2. The highest BCUT2D eigenvalue weighted by Gasteiger charge is 2.16. The molecule has 6 heteroatoms. The van der Waals surface area contributed by atoms with Crippen molar-refractivity contribution in [2.45, 2.75) is 20.5 Å². The molecule has 4 aromatic rings. The van der Waals surface area contributed by atoms with Gasteiger partial charge in [-0.3, -0.25) is 0 Å². The molecule has 0 radical (unpaired) electrons. The lowest BCUT2D eigenvalue weighted by atomic mass is 9.99. The zero-order chi connectivity index (χ0) is 23.4. The summed E-state index contributed by atoms with van der Waals surface area (Å²) in [6.07, 6.45) is 3.18. The van der Waals surface area contributed by atoms with Crippen LogP contribution in [0.1, 0.15) is 16.7 Å². The summed E-state index contributed by atoms with van der Waals surface area (Å²) in [6.45, 7) is 4.54. The lowest BCUT2D eigenvalue weighted by Crippen LogP contribution is -1.99. The van der Waals surface area contributed by atoms with Gasteiger partial charge in [0.25, 0.3) is 0 Å². The zero-order valence-electron chi connectivity index (χ0n) is 19.1. The van der Waals surface area contributed by atoms with Crippen LogP contribution in [-0.4, -0.2) is 29.3 Å². The first kappa shape index (κ1) is 22.1. The molecule has 0 amide bonds. The monoisotopic (exact) mass is 442 g/mol. The topological polar surface area (TPSA) is 73.7 Å². The van der Waals surface area contributed by atoms with Crippen molar-refractivity contribution in [3.63, 3.8) is 0 Å². The van der Waals surface area contributed by atoms with Crippen LogP contribution in [-0.2, 0) is 6.61 Å². The van der Waals surface area contributed by atoms with Crippen molar-refractivity contribution in [2.75, 3.05) is 14.2 Å². The fraction of sp³-hybridized carbons (Fsp3) is 0.185. The van der Waals surface area contributed by atoms with Gasteiger partial charge in [0.15, 0.2) is 11.5 Å². The summed E-state index contributed by atoms with van der Waals surface area (Å²) in [4.78, 5) is 8.63. The van der Waals surface area contributed by atoms with E-state index in [0.717, 1.165) is 16.7 Å². The Kier molecular flexibility index (Phi) is 6.45. The minimum absolute atomic E-state index is 0.0777. The number of hydrogen-bond donors (Lipinski definition) is 1. The Hall–Kier alpha value is -4.06. The third-order valence-corrected chi connectivity index (χ3v) is 5.53. The first-order valence-corrected chi connectivity index (χ1v) is 10.5. The molecule has 0 aliphatic rings. The van der Waals surface area contributed by atoms with Gasteiger partial charge < -0.3 is 19.3 Å². The molecule has 0 spiro atoms. The van der Waals surface area contributed by atoms with Crippen molar-refractivity contribution >= 4 is 0 Å². The Morgan fingerprint density at radius 3 is 2.42 bits per heavy atom. The molecule has 0 atom stereocenters. The summed E-state index contributed by atoms with van der Waals surface area (Å²) in [5.41, 5.74) is 6.27. The van der Waals surface area contributed by atoms with Crippen molar-refractivity contribution in [3.8, 4) is 45.4 Å². The van der Waals surface area contributed by atoms with E-state index < -0.39 is 0 Å². The Bertz CT molecular complexity index is 1290. The largest absolute Gasteiger partial charge is 0.507 e. The van der Waals surface area contributed by atoms with Crippen LogP contribution >= 0.6 is 0 Å². The third-order valence-electron chi connectivity index (χ3n) is 5.53. The van der Waals surface area contributed by atoms with E-state index in [1.807, 2.05) is 24.3 Å². The van der Waals surface area contributed by atoms with E-state index in [1.165, 1.54) is 17.5 Å². The molecule has 33 heavy (non-hydrogen) atoms. The van der Waals surface area contributed by atoms with E-state index in [9.17, 15) is 5.11 Å². The maximum atomic E-state index is 10.8. The predicted octanol–water partition coefficient (Wildman–Crippen LogP) is 5.73. The standard InChI is InChI=1S/C27H26N2O4/c1-17-5-6-18(2)20(11-17)15-33-21-8-9-22(24(30)13-21)27-23(14-28-16-29-27)19-7-10-25(31-3)26(12-19)32-4/h5-14,16,30H,15H2,1-4H3. The summed E-state index contributed by atoms with van der Waals surface area (Å²) in [7, 11) is 3.18. The van der Waals surface area contributed by atoms with Crippen LogP contribution in [0.4, 0.5) is 0 Å². The first-order valence-electron chi connectivity index (χ1n) is 10.5. The molecule has 0 aliphatic heterocycles. The number of methoxy groups -OCH3 is 2. The Morgan fingerprint density at radius 1 is 0.848 bits per heavy atom. The van der Waals surface area contributed by atoms with Crippen LogP contribution in [0.25, 0.3) is 22.4 Å². The Balaban J connectivity index is 1.64. The minimum Gasteiger partial charge on any atom is -0.507 e. The molecule has 6 nitrogen and oxygen atoms in total. The maximum Gasteiger partial charge on any atom is 0.161 e. The van der Waals surface area contributed by atoms with E-state index in [2.05, 4.69) is 42.0 Å². The molecular weight excluding hydrogens is 416 g/mol. The first-order chi connectivity index (χ1) is 16.0. The SMILES string of the molecule is COc1ccc(-c2cncnc2-c2ccc(OCc3cc(C)ccc3C)cc2O)cc1OC. The molecule has 4 rings (SSSR count). The molecule has 3 aromatic carbocycles. The maximum absolute atomic E-state index is 10.8. The smallest absolute Gasteiger partial charge is 0.161 e. The van der Waals surface area contributed by atoms with Gasteiger partial charge in [-0.15, -0.1) is 0 Å². The molecule has 0 saturated heterocycles. The average molecular weight is 443 g/mol. The van der Waals surface area contributed by atoms with Crippen LogP contribution in [0.15, 0.2) is 67.1 Å². The number of phenols is 1. The van der Waals surface area contributed by atoms with E-state index in [1.54, 1.807) is 32.5 Å². The van der Waals surface area contributed by atoms with E-state index >= 15 is 0 Å². The molecule has 0 saturated carbocycles. The Labute approximate surface area is 193 Å².